The minimum Gasteiger partial charge on any atom is -0.378 e. The maximum absolute atomic E-state index is 6.17. The zero-order valence-electron chi connectivity index (χ0n) is 12.4. The first kappa shape index (κ1) is 14.8. The van der Waals surface area contributed by atoms with E-state index in [0.29, 0.717) is 12.0 Å². The van der Waals surface area contributed by atoms with Crippen molar-refractivity contribution in [2.24, 2.45) is 0 Å². The van der Waals surface area contributed by atoms with Crippen LogP contribution >= 0.6 is 23.4 Å². The van der Waals surface area contributed by atoms with Gasteiger partial charge >= 0.3 is 0 Å². The monoisotopic (exact) mass is 317 g/mol. The zero-order chi connectivity index (χ0) is 14.8. The Bertz CT molecular complexity index is 639. The molecule has 2 aromatic carbocycles. The average Bonchev–Trinajstić information content (AvgIpc) is 2.48. The normalized spacial score (nSPS) is 17.6. The second kappa shape index (κ2) is 6.33. The van der Waals surface area contributed by atoms with Crippen molar-refractivity contribution in [3.8, 4) is 0 Å². The van der Waals surface area contributed by atoms with Gasteiger partial charge in [-0.3, -0.25) is 0 Å². The summed E-state index contributed by atoms with van der Waals surface area (Å²) < 4.78 is 0. The number of nitrogens with one attached hydrogen (secondary N) is 1. The van der Waals surface area contributed by atoms with E-state index in [4.69, 9.17) is 11.6 Å². The van der Waals surface area contributed by atoms with Crippen molar-refractivity contribution in [3.63, 3.8) is 0 Å². The minimum atomic E-state index is 0.349. The Labute approximate surface area is 136 Å². The molecule has 0 aromatic heterocycles. The first-order chi connectivity index (χ1) is 10.1. The Morgan fingerprint density at radius 2 is 2.05 bits per heavy atom. The van der Waals surface area contributed by atoms with E-state index in [2.05, 4.69) is 55.6 Å². The lowest BCUT2D eigenvalue weighted by Crippen LogP contribution is -2.16. The smallest absolute Gasteiger partial charge is 0.0533 e. The van der Waals surface area contributed by atoms with E-state index < -0.39 is 0 Å². The first-order valence-electron chi connectivity index (χ1n) is 7.42. The van der Waals surface area contributed by atoms with E-state index in [1.165, 1.54) is 21.7 Å². The van der Waals surface area contributed by atoms with Crippen molar-refractivity contribution in [2.45, 2.75) is 37.1 Å². The molecule has 21 heavy (non-hydrogen) atoms. The molecule has 1 atom stereocenters. The minimum absolute atomic E-state index is 0.349. The molecule has 1 nitrogen and oxygen atoms in total. The average molecular weight is 318 g/mol. The van der Waals surface area contributed by atoms with Crippen molar-refractivity contribution in [1.82, 2.24) is 0 Å². The molecular formula is C18H20ClNS. The maximum Gasteiger partial charge on any atom is 0.0533 e. The van der Waals surface area contributed by atoms with Gasteiger partial charge in [-0.2, -0.15) is 0 Å². The summed E-state index contributed by atoms with van der Waals surface area (Å²) >= 11 is 8.10. The van der Waals surface area contributed by atoms with E-state index >= 15 is 0 Å². The van der Waals surface area contributed by atoms with Crippen LogP contribution in [0.5, 0.6) is 0 Å². The predicted octanol–water partition coefficient (Wildman–Crippen LogP) is 6.11. The number of benzene rings is 2. The van der Waals surface area contributed by atoms with Crippen LogP contribution in [0.15, 0.2) is 47.4 Å². The van der Waals surface area contributed by atoms with Crippen LogP contribution in [0.2, 0.25) is 5.02 Å². The lowest BCUT2D eigenvalue weighted by Gasteiger charge is -2.27. The van der Waals surface area contributed by atoms with Crippen LogP contribution in [-0.2, 0) is 0 Å². The summed E-state index contributed by atoms with van der Waals surface area (Å²) in [5.41, 5.74) is 3.90. The molecule has 0 radical (unpaired) electrons. The molecule has 1 unspecified atom stereocenters. The fraction of sp³-hybridized carbons (Fsp3) is 0.333. The van der Waals surface area contributed by atoms with E-state index in [1.54, 1.807) is 0 Å². The van der Waals surface area contributed by atoms with Crippen LogP contribution in [0.25, 0.3) is 0 Å². The lowest BCUT2D eigenvalue weighted by molar-refractivity contribution is 0.728. The highest BCUT2D eigenvalue weighted by Gasteiger charge is 2.21. The van der Waals surface area contributed by atoms with E-state index in [1.807, 2.05) is 17.8 Å². The van der Waals surface area contributed by atoms with Crippen LogP contribution in [0.3, 0.4) is 0 Å². The van der Waals surface area contributed by atoms with Crippen LogP contribution in [-0.4, -0.2) is 5.75 Å². The summed E-state index contributed by atoms with van der Waals surface area (Å²) in [5, 5.41) is 4.51. The van der Waals surface area contributed by atoms with Gasteiger partial charge in [0.1, 0.15) is 0 Å². The molecule has 3 heteroatoms. The van der Waals surface area contributed by atoms with Crippen molar-refractivity contribution in [1.29, 1.82) is 0 Å². The molecule has 2 aromatic rings. The number of anilines is 1. The third-order valence-electron chi connectivity index (χ3n) is 3.91. The van der Waals surface area contributed by atoms with Crippen LogP contribution in [0, 0.1) is 0 Å². The molecule has 1 N–H and O–H groups in total. The number of rotatable bonds is 3. The molecule has 0 bridgehead atoms. The quantitative estimate of drug-likeness (QED) is 0.732. The molecule has 1 aliphatic heterocycles. The molecule has 1 heterocycles. The molecular weight excluding hydrogens is 298 g/mol. The number of halogens is 1. The summed E-state index contributed by atoms with van der Waals surface area (Å²) in [4.78, 5) is 1.35. The van der Waals surface area contributed by atoms with Crippen molar-refractivity contribution < 1.29 is 0 Å². The lowest BCUT2D eigenvalue weighted by atomic mass is 10.0. The summed E-state index contributed by atoms with van der Waals surface area (Å²) in [7, 11) is 0. The van der Waals surface area contributed by atoms with Gasteiger partial charge in [0.2, 0.25) is 0 Å². The summed E-state index contributed by atoms with van der Waals surface area (Å²) in [6, 6.07) is 15.3. The number of hydrogen-bond donors (Lipinski definition) is 1. The van der Waals surface area contributed by atoms with E-state index in [-0.39, 0.29) is 0 Å². The highest BCUT2D eigenvalue weighted by molar-refractivity contribution is 7.99. The van der Waals surface area contributed by atoms with Gasteiger partial charge < -0.3 is 5.32 Å². The van der Waals surface area contributed by atoms with Gasteiger partial charge in [0.15, 0.2) is 0 Å². The molecule has 0 amide bonds. The van der Waals surface area contributed by atoms with Gasteiger partial charge in [0.05, 0.1) is 6.04 Å². The van der Waals surface area contributed by atoms with Crippen LogP contribution in [0.4, 0.5) is 5.69 Å². The van der Waals surface area contributed by atoms with Gasteiger partial charge in [-0.1, -0.05) is 37.6 Å². The molecule has 3 rings (SSSR count). The largest absolute Gasteiger partial charge is 0.378 e. The standard InChI is InChI=1S/C18H20ClNS/c1-12(2)13-4-3-5-15(10-13)20-17-8-9-21-18-7-6-14(19)11-16(17)18/h3-7,10-12,17,20H,8-9H2,1-2H3. The summed E-state index contributed by atoms with van der Waals surface area (Å²) in [5.74, 6) is 1.70. The molecule has 110 valence electrons. The van der Waals surface area contributed by atoms with Crippen molar-refractivity contribution in [2.75, 3.05) is 11.1 Å². The molecule has 1 aliphatic rings. The van der Waals surface area contributed by atoms with Gasteiger partial charge in [-0.05, 0) is 53.8 Å². The number of thioether (sulfide) groups is 1. The maximum atomic E-state index is 6.17. The first-order valence-corrected chi connectivity index (χ1v) is 8.78. The third-order valence-corrected chi connectivity index (χ3v) is 5.26. The SMILES string of the molecule is CC(C)c1cccc(NC2CCSc3ccc(Cl)cc32)c1. The van der Waals surface area contributed by atoms with E-state index in [0.717, 1.165) is 17.2 Å². The van der Waals surface area contributed by atoms with Crippen molar-refractivity contribution in [3.05, 3.63) is 58.6 Å². The fourth-order valence-corrected chi connectivity index (χ4v) is 3.99. The molecule has 0 saturated carbocycles. The topological polar surface area (TPSA) is 12.0 Å². The number of hydrogen-bond acceptors (Lipinski definition) is 2. The number of fused-ring (bicyclic) bond motifs is 1. The Morgan fingerprint density at radius 1 is 1.19 bits per heavy atom. The molecule has 0 aliphatic carbocycles. The Hall–Kier alpha value is -1.12. The highest BCUT2D eigenvalue weighted by atomic mass is 35.5. The van der Waals surface area contributed by atoms with Gasteiger partial charge in [-0.25, -0.2) is 0 Å². The third kappa shape index (κ3) is 3.38. The van der Waals surface area contributed by atoms with Crippen LogP contribution in [0.1, 0.15) is 43.4 Å². The van der Waals surface area contributed by atoms with Gasteiger partial charge in [-0.15, -0.1) is 11.8 Å². The zero-order valence-corrected chi connectivity index (χ0v) is 14.0. The van der Waals surface area contributed by atoms with Gasteiger partial charge in [0.25, 0.3) is 0 Å². The summed E-state index contributed by atoms with van der Waals surface area (Å²) in [6.07, 6.45) is 1.13. The Morgan fingerprint density at radius 3 is 2.86 bits per heavy atom. The Balaban J connectivity index is 1.86. The Kier molecular flexibility index (Phi) is 4.46. The second-order valence-electron chi connectivity index (χ2n) is 5.80. The van der Waals surface area contributed by atoms with E-state index in [9.17, 15) is 0 Å². The van der Waals surface area contributed by atoms with Crippen LogP contribution < -0.4 is 5.32 Å². The van der Waals surface area contributed by atoms with Gasteiger partial charge in [0, 0.05) is 21.4 Å². The second-order valence-corrected chi connectivity index (χ2v) is 7.37. The highest BCUT2D eigenvalue weighted by Crippen LogP contribution is 2.39. The summed E-state index contributed by atoms with van der Waals surface area (Å²) in [6.45, 7) is 4.46. The molecule has 0 fully saturated rings. The predicted molar refractivity (Wildman–Crippen MR) is 93.7 cm³/mol. The molecule has 0 spiro atoms. The van der Waals surface area contributed by atoms with Crippen molar-refractivity contribution >= 4 is 29.1 Å². The molecule has 0 saturated heterocycles. The fourth-order valence-electron chi connectivity index (χ4n) is 2.70.